The Kier molecular flexibility index (Phi) is 6.80. The minimum Gasteiger partial charge on any atom is -0.475 e. The molecule has 1 aromatic heterocycles. The summed E-state index contributed by atoms with van der Waals surface area (Å²) >= 11 is 5.76. The monoisotopic (exact) mass is 271 g/mol. The average Bonchev–Trinajstić information content (AvgIpc) is 2.34. The molecule has 0 aromatic carbocycles. The molecule has 18 heavy (non-hydrogen) atoms. The van der Waals surface area contributed by atoms with E-state index in [4.69, 9.17) is 16.3 Å². The van der Waals surface area contributed by atoms with Crippen LogP contribution >= 0.6 is 11.6 Å². The van der Waals surface area contributed by atoms with Crippen molar-refractivity contribution in [3.8, 4) is 5.88 Å². The van der Waals surface area contributed by atoms with Crippen LogP contribution in [-0.4, -0.2) is 28.5 Å². The smallest absolute Gasteiger partial charge is 0.225 e. The Balaban J connectivity index is 2.33. The van der Waals surface area contributed by atoms with E-state index in [2.05, 4.69) is 22.2 Å². The third kappa shape index (κ3) is 6.05. The van der Waals surface area contributed by atoms with Crippen molar-refractivity contribution >= 4 is 17.5 Å². The lowest BCUT2D eigenvalue weighted by Crippen LogP contribution is -2.10. The summed E-state index contributed by atoms with van der Waals surface area (Å²) in [6.07, 6.45) is 4.00. The van der Waals surface area contributed by atoms with Gasteiger partial charge in [-0.15, -0.1) is 11.6 Å². The van der Waals surface area contributed by atoms with Crippen LogP contribution in [0.3, 0.4) is 0 Å². The van der Waals surface area contributed by atoms with Crippen molar-refractivity contribution in [3.05, 3.63) is 12.3 Å². The lowest BCUT2D eigenvalue weighted by atomic mass is 10.1. The van der Waals surface area contributed by atoms with E-state index in [1.807, 2.05) is 13.8 Å². The number of hydrogen-bond acceptors (Lipinski definition) is 4. The fourth-order valence-electron chi connectivity index (χ4n) is 1.46. The summed E-state index contributed by atoms with van der Waals surface area (Å²) in [6, 6.07) is 1.76. The summed E-state index contributed by atoms with van der Waals surface area (Å²) < 4.78 is 5.51. The summed E-state index contributed by atoms with van der Waals surface area (Å²) in [5.41, 5.74) is 0. The van der Waals surface area contributed by atoms with Crippen molar-refractivity contribution in [2.75, 3.05) is 17.7 Å². The lowest BCUT2D eigenvalue weighted by molar-refractivity contribution is 0.232. The van der Waals surface area contributed by atoms with Gasteiger partial charge in [0.2, 0.25) is 11.8 Å². The van der Waals surface area contributed by atoms with E-state index in [9.17, 15) is 0 Å². The summed E-state index contributed by atoms with van der Waals surface area (Å²) in [5, 5.41) is 3.19. The van der Waals surface area contributed by atoms with E-state index in [1.165, 1.54) is 0 Å². The van der Waals surface area contributed by atoms with E-state index in [0.717, 1.165) is 19.4 Å². The fourth-order valence-corrected chi connectivity index (χ4v) is 1.62. The minimum atomic E-state index is 0.123. The van der Waals surface area contributed by atoms with Gasteiger partial charge in [-0.25, -0.2) is 4.98 Å². The molecule has 1 heterocycles. The van der Waals surface area contributed by atoms with Crippen LogP contribution < -0.4 is 10.1 Å². The van der Waals surface area contributed by atoms with E-state index < -0.39 is 0 Å². The van der Waals surface area contributed by atoms with Gasteiger partial charge < -0.3 is 10.1 Å². The average molecular weight is 272 g/mol. The number of halogens is 1. The van der Waals surface area contributed by atoms with Gasteiger partial charge >= 0.3 is 0 Å². The van der Waals surface area contributed by atoms with Crippen molar-refractivity contribution < 1.29 is 4.74 Å². The van der Waals surface area contributed by atoms with Crippen molar-refractivity contribution in [2.45, 2.75) is 39.7 Å². The van der Waals surface area contributed by atoms with Crippen LogP contribution in [0.1, 0.15) is 33.6 Å². The Morgan fingerprint density at radius 3 is 2.83 bits per heavy atom. The second-order valence-electron chi connectivity index (χ2n) is 4.71. The summed E-state index contributed by atoms with van der Waals surface area (Å²) in [5.74, 6) is 2.50. The highest BCUT2D eigenvalue weighted by molar-refractivity contribution is 6.18. The van der Waals surface area contributed by atoms with Crippen LogP contribution in [-0.2, 0) is 0 Å². The first-order valence-corrected chi connectivity index (χ1v) is 6.94. The Hall–Kier alpha value is -1.03. The lowest BCUT2D eigenvalue weighted by Gasteiger charge is -2.10. The third-order valence-corrected chi connectivity index (χ3v) is 2.93. The van der Waals surface area contributed by atoms with E-state index in [-0.39, 0.29) is 6.10 Å². The Labute approximate surface area is 114 Å². The highest BCUT2D eigenvalue weighted by Crippen LogP contribution is 2.11. The van der Waals surface area contributed by atoms with Crippen molar-refractivity contribution in [3.63, 3.8) is 0 Å². The van der Waals surface area contributed by atoms with Gasteiger partial charge in [0.15, 0.2) is 0 Å². The van der Waals surface area contributed by atoms with Crippen LogP contribution in [0.2, 0.25) is 0 Å². The molecule has 1 aromatic rings. The molecule has 0 spiro atoms. The van der Waals surface area contributed by atoms with Crippen molar-refractivity contribution in [1.29, 1.82) is 0 Å². The standard InChI is InChI=1S/C13H22ClN3O/c1-10(2)18-12-6-8-16-13(17-12)15-7-4-5-11(3)9-14/h6,8,10-11H,4-5,7,9H2,1-3H3,(H,15,16,17). The van der Waals surface area contributed by atoms with Gasteiger partial charge in [0.25, 0.3) is 0 Å². The Morgan fingerprint density at radius 2 is 2.17 bits per heavy atom. The molecule has 0 aliphatic heterocycles. The predicted molar refractivity (Wildman–Crippen MR) is 75.4 cm³/mol. The normalized spacial score (nSPS) is 12.5. The molecule has 1 atom stereocenters. The number of rotatable bonds is 8. The number of hydrogen-bond donors (Lipinski definition) is 1. The highest BCUT2D eigenvalue weighted by atomic mass is 35.5. The maximum Gasteiger partial charge on any atom is 0.225 e. The first-order valence-electron chi connectivity index (χ1n) is 6.41. The molecule has 0 bridgehead atoms. The Bertz CT molecular complexity index is 347. The molecule has 0 aliphatic carbocycles. The van der Waals surface area contributed by atoms with Gasteiger partial charge in [-0.1, -0.05) is 6.92 Å². The molecule has 0 aliphatic rings. The van der Waals surface area contributed by atoms with E-state index in [1.54, 1.807) is 12.3 Å². The second kappa shape index (κ2) is 8.14. The molecule has 0 radical (unpaired) electrons. The van der Waals surface area contributed by atoms with E-state index in [0.29, 0.717) is 23.6 Å². The van der Waals surface area contributed by atoms with Gasteiger partial charge in [0.05, 0.1) is 6.10 Å². The largest absolute Gasteiger partial charge is 0.475 e. The predicted octanol–water partition coefficient (Wildman–Crippen LogP) is 3.33. The number of ether oxygens (including phenoxy) is 1. The molecule has 0 saturated heterocycles. The SMILES string of the molecule is CC(CCl)CCCNc1nccc(OC(C)C)n1. The molecule has 1 rings (SSSR count). The zero-order valence-corrected chi connectivity index (χ0v) is 12.1. The number of nitrogens with one attached hydrogen (secondary N) is 1. The summed E-state index contributed by atoms with van der Waals surface area (Å²) in [6.45, 7) is 6.96. The van der Waals surface area contributed by atoms with Crippen molar-refractivity contribution in [2.24, 2.45) is 5.92 Å². The zero-order valence-electron chi connectivity index (χ0n) is 11.3. The highest BCUT2D eigenvalue weighted by Gasteiger charge is 2.03. The molecule has 0 fully saturated rings. The molecular weight excluding hydrogens is 250 g/mol. The molecule has 5 heteroatoms. The molecular formula is C13H22ClN3O. The maximum absolute atomic E-state index is 5.76. The summed E-state index contributed by atoms with van der Waals surface area (Å²) in [7, 11) is 0. The van der Waals surface area contributed by atoms with Gasteiger partial charge in [0, 0.05) is 24.7 Å². The number of alkyl halides is 1. The van der Waals surface area contributed by atoms with Crippen LogP contribution in [0.15, 0.2) is 12.3 Å². The van der Waals surface area contributed by atoms with Gasteiger partial charge in [-0.05, 0) is 32.6 Å². The molecule has 4 nitrogen and oxygen atoms in total. The van der Waals surface area contributed by atoms with Gasteiger partial charge in [-0.2, -0.15) is 4.98 Å². The number of anilines is 1. The molecule has 0 saturated carbocycles. The quantitative estimate of drug-likeness (QED) is 0.582. The van der Waals surface area contributed by atoms with Crippen LogP contribution in [0.4, 0.5) is 5.95 Å². The molecule has 1 unspecified atom stereocenters. The number of aromatic nitrogens is 2. The minimum absolute atomic E-state index is 0.123. The van der Waals surface area contributed by atoms with E-state index >= 15 is 0 Å². The van der Waals surface area contributed by atoms with Crippen LogP contribution in [0, 0.1) is 5.92 Å². The first kappa shape index (κ1) is 15.0. The number of nitrogens with zero attached hydrogens (tertiary/aromatic N) is 2. The second-order valence-corrected chi connectivity index (χ2v) is 5.02. The molecule has 1 N–H and O–H groups in total. The van der Waals surface area contributed by atoms with Gasteiger partial charge in [-0.3, -0.25) is 0 Å². The van der Waals surface area contributed by atoms with Gasteiger partial charge in [0.1, 0.15) is 0 Å². The van der Waals surface area contributed by atoms with Crippen molar-refractivity contribution in [1.82, 2.24) is 9.97 Å². The zero-order chi connectivity index (χ0) is 13.4. The maximum atomic E-state index is 5.76. The van der Waals surface area contributed by atoms with Crippen LogP contribution in [0.25, 0.3) is 0 Å². The summed E-state index contributed by atoms with van der Waals surface area (Å²) in [4.78, 5) is 8.43. The third-order valence-electron chi connectivity index (χ3n) is 2.41. The molecule has 0 amide bonds. The fraction of sp³-hybridized carbons (Fsp3) is 0.692. The van der Waals surface area contributed by atoms with Crippen LogP contribution in [0.5, 0.6) is 5.88 Å². The molecule has 102 valence electrons. The first-order chi connectivity index (χ1) is 8.61. The topological polar surface area (TPSA) is 47.0 Å². The Morgan fingerprint density at radius 1 is 1.39 bits per heavy atom.